The molecule has 0 aromatic carbocycles. The second-order valence-electron chi connectivity index (χ2n) is 4.53. The number of thiophene rings is 1. The molecule has 3 N–H and O–H groups in total. The molecule has 100 valence electrons. The molecule has 2 aromatic rings. The Labute approximate surface area is 122 Å². The van der Waals surface area contributed by atoms with E-state index in [1.165, 1.54) is 9.75 Å². The van der Waals surface area contributed by atoms with Crippen LogP contribution in [0.25, 0.3) is 0 Å². The van der Waals surface area contributed by atoms with Gasteiger partial charge in [-0.3, -0.25) is 0 Å². The van der Waals surface area contributed by atoms with Crippen molar-refractivity contribution in [1.82, 2.24) is 4.98 Å². The number of nitrogens with zero attached hydrogens (tertiary/aromatic N) is 1. The van der Waals surface area contributed by atoms with Crippen LogP contribution in [0.2, 0.25) is 0 Å². The third kappa shape index (κ3) is 4.01. The SMILES string of the molecule is Cc1ccc(CC(C)Nc2cccc(C(N)=S)n2)s1. The van der Waals surface area contributed by atoms with Crippen LogP contribution in [0, 0.1) is 6.92 Å². The summed E-state index contributed by atoms with van der Waals surface area (Å²) in [7, 11) is 0. The van der Waals surface area contributed by atoms with Crippen LogP contribution in [-0.2, 0) is 6.42 Å². The molecule has 1 atom stereocenters. The first kappa shape index (κ1) is 14.0. The molecule has 0 fully saturated rings. The Morgan fingerprint density at radius 2 is 2.21 bits per heavy atom. The van der Waals surface area contributed by atoms with Crippen LogP contribution in [0.4, 0.5) is 5.82 Å². The van der Waals surface area contributed by atoms with Gasteiger partial charge in [0.1, 0.15) is 10.8 Å². The van der Waals surface area contributed by atoms with E-state index in [4.69, 9.17) is 18.0 Å². The number of anilines is 1. The second-order valence-corrected chi connectivity index (χ2v) is 6.35. The van der Waals surface area contributed by atoms with Gasteiger partial charge in [0.15, 0.2) is 0 Å². The van der Waals surface area contributed by atoms with Gasteiger partial charge in [-0.2, -0.15) is 0 Å². The summed E-state index contributed by atoms with van der Waals surface area (Å²) < 4.78 is 0. The van der Waals surface area contributed by atoms with Crippen molar-refractivity contribution < 1.29 is 0 Å². The van der Waals surface area contributed by atoms with E-state index in [0.717, 1.165) is 12.2 Å². The highest BCUT2D eigenvalue weighted by molar-refractivity contribution is 7.80. The zero-order valence-corrected chi connectivity index (χ0v) is 12.6. The molecule has 1 unspecified atom stereocenters. The molecule has 2 rings (SSSR count). The number of nitrogens with one attached hydrogen (secondary N) is 1. The predicted octanol–water partition coefficient (Wildman–Crippen LogP) is 3.13. The van der Waals surface area contributed by atoms with Crippen molar-refractivity contribution in [3.63, 3.8) is 0 Å². The maximum atomic E-state index is 5.58. The van der Waals surface area contributed by atoms with E-state index in [2.05, 4.69) is 36.3 Å². The van der Waals surface area contributed by atoms with Gasteiger partial charge in [-0.1, -0.05) is 18.3 Å². The molecule has 0 aliphatic rings. The summed E-state index contributed by atoms with van der Waals surface area (Å²) in [5, 5.41) is 3.38. The van der Waals surface area contributed by atoms with Crippen LogP contribution in [0.5, 0.6) is 0 Å². The number of hydrogen-bond donors (Lipinski definition) is 2. The van der Waals surface area contributed by atoms with Gasteiger partial charge in [0, 0.05) is 22.2 Å². The van der Waals surface area contributed by atoms with E-state index in [9.17, 15) is 0 Å². The molecular formula is C14H17N3S2. The van der Waals surface area contributed by atoms with Crippen LogP contribution in [0.3, 0.4) is 0 Å². The standard InChI is InChI=1S/C14H17N3S2/c1-9(8-11-7-6-10(2)19-11)16-13-5-3-4-12(17-13)14(15)18/h3-7,9H,8H2,1-2H3,(H2,15,18)(H,16,17). The van der Waals surface area contributed by atoms with Crippen LogP contribution in [0.15, 0.2) is 30.3 Å². The summed E-state index contributed by atoms with van der Waals surface area (Å²) >= 11 is 6.77. The van der Waals surface area contributed by atoms with Gasteiger partial charge in [-0.25, -0.2) is 4.98 Å². The lowest BCUT2D eigenvalue weighted by molar-refractivity contribution is 0.794. The van der Waals surface area contributed by atoms with Crippen molar-refractivity contribution in [3.8, 4) is 0 Å². The Kier molecular flexibility index (Phi) is 4.50. The van der Waals surface area contributed by atoms with Gasteiger partial charge in [0.2, 0.25) is 0 Å². The predicted molar refractivity (Wildman–Crippen MR) is 86.0 cm³/mol. The summed E-state index contributed by atoms with van der Waals surface area (Å²) in [5.74, 6) is 0.811. The van der Waals surface area contributed by atoms with Gasteiger partial charge in [-0.05, 0) is 38.1 Å². The molecule has 0 amide bonds. The highest BCUT2D eigenvalue weighted by Gasteiger charge is 2.07. The minimum atomic E-state index is 0.312. The third-order valence-corrected chi connectivity index (χ3v) is 3.93. The van der Waals surface area contributed by atoms with Crippen LogP contribution in [0.1, 0.15) is 22.4 Å². The smallest absolute Gasteiger partial charge is 0.126 e. The number of aryl methyl sites for hydroxylation is 1. The number of thiocarbonyl (C=S) groups is 1. The lowest BCUT2D eigenvalue weighted by atomic mass is 10.2. The Morgan fingerprint density at radius 1 is 1.42 bits per heavy atom. The Balaban J connectivity index is 2.00. The average molecular weight is 291 g/mol. The molecular weight excluding hydrogens is 274 g/mol. The maximum Gasteiger partial charge on any atom is 0.126 e. The molecule has 0 saturated heterocycles. The van der Waals surface area contributed by atoms with E-state index in [0.29, 0.717) is 16.7 Å². The number of pyridine rings is 1. The molecule has 0 aliphatic carbocycles. The third-order valence-electron chi connectivity index (χ3n) is 2.70. The number of nitrogens with two attached hydrogens (primary N) is 1. The molecule has 0 bridgehead atoms. The molecule has 19 heavy (non-hydrogen) atoms. The van der Waals surface area contributed by atoms with Gasteiger partial charge in [0.25, 0.3) is 0 Å². The Hall–Kier alpha value is -1.46. The van der Waals surface area contributed by atoms with E-state index in [1.54, 1.807) is 0 Å². The Morgan fingerprint density at radius 3 is 2.84 bits per heavy atom. The summed E-state index contributed by atoms with van der Waals surface area (Å²) in [5.41, 5.74) is 6.23. The minimum Gasteiger partial charge on any atom is -0.388 e. The van der Waals surface area contributed by atoms with Crippen molar-refractivity contribution in [2.75, 3.05) is 5.32 Å². The van der Waals surface area contributed by atoms with Gasteiger partial charge >= 0.3 is 0 Å². The molecule has 0 aliphatic heterocycles. The zero-order chi connectivity index (χ0) is 13.8. The van der Waals surface area contributed by atoms with E-state index in [1.807, 2.05) is 29.5 Å². The summed E-state index contributed by atoms with van der Waals surface area (Å²) in [6.07, 6.45) is 0.984. The Bertz CT molecular complexity index is 578. The van der Waals surface area contributed by atoms with Crippen molar-refractivity contribution in [1.29, 1.82) is 0 Å². The molecule has 2 heterocycles. The maximum absolute atomic E-state index is 5.58. The van der Waals surface area contributed by atoms with Crippen LogP contribution in [-0.4, -0.2) is 16.0 Å². The highest BCUT2D eigenvalue weighted by atomic mass is 32.1. The van der Waals surface area contributed by atoms with Crippen molar-refractivity contribution in [2.24, 2.45) is 5.73 Å². The average Bonchev–Trinajstić information content (AvgIpc) is 2.74. The molecule has 0 saturated carbocycles. The van der Waals surface area contributed by atoms with E-state index in [-0.39, 0.29) is 0 Å². The fourth-order valence-corrected chi connectivity index (χ4v) is 2.99. The second kappa shape index (κ2) is 6.12. The topological polar surface area (TPSA) is 50.9 Å². The minimum absolute atomic E-state index is 0.312. The normalized spacial score (nSPS) is 12.1. The largest absolute Gasteiger partial charge is 0.388 e. The molecule has 0 spiro atoms. The lowest BCUT2D eigenvalue weighted by Gasteiger charge is -2.14. The fraction of sp³-hybridized carbons (Fsp3) is 0.286. The zero-order valence-electron chi connectivity index (χ0n) is 11.0. The summed E-state index contributed by atoms with van der Waals surface area (Å²) in [6, 6.07) is 10.3. The lowest BCUT2D eigenvalue weighted by Crippen LogP contribution is -2.19. The fourth-order valence-electron chi connectivity index (χ4n) is 1.85. The quantitative estimate of drug-likeness (QED) is 0.831. The van der Waals surface area contributed by atoms with Crippen LogP contribution < -0.4 is 11.1 Å². The van der Waals surface area contributed by atoms with Crippen LogP contribution >= 0.6 is 23.6 Å². The number of hydrogen-bond acceptors (Lipinski definition) is 4. The number of aromatic nitrogens is 1. The summed E-state index contributed by atoms with van der Waals surface area (Å²) in [6.45, 7) is 4.27. The van der Waals surface area contributed by atoms with E-state index < -0.39 is 0 Å². The van der Waals surface area contributed by atoms with Crippen molar-refractivity contribution in [2.45, 2.75) is 26.3 Å². The highest BCUT2D eigenvalue weighted by Crippen LogP contribution is 2.18. The first-order valence-electron chi connectivity index (χ1n) is 6.13. The molecule has 2 aromatic heterocycles. The first-order valence-corrected chi connectivity index (χ1v) is 7.36. The molecule has 0 radical (unpaired) electrons. The molecule has 3 nitrogen and oxygen atoms in total. The van der Waals surface area contributed by atoms with Crippen molar-refractivity contribution in [3.05, 3.63) is 45.8 Å². The monoisotopic (exact) mass is 291 g/mol. The van der Waals surface area contributed by atoms with E-state index >= 15 is 0 Å². The number of rotatable bonds is 5. The van der Waals surface area contributed by atoms with Crippen molar-refractivity contribution >= 4 is 34.4 Å². The molecule has 5 heteroatoms. The summed E-state index contributed by atoms with van der Waals surface area (Å²) in [4.78, 5) is 7.43. The van der Waals surface area contributed by atoms with Gasteiger partial charge in [0.05, 0.1) is 5.69 Å². The van der Waals surface area contributed by atoms with Gasteiger partial charge in [-0.15, -0.1) is 11.3 Å². The van der Waals surface area contributed by atoms with Gasteiger partial charge < -0.3 is 11.1 Å². The first-order chi connectivity index (χ1) is 9.04.